The van der Waals surface area contributed by atoms with Gasteiger partial charge in [0, 0.05) is 17.3 Å². The molecule has 2 N–H and O–H groups in total. The van der Waals surface area contributed by atoms with Crippen LogP contribution >= 0.6 is 10.7 Å². The Morgan fingerprint density at radius 3 is 2.67 bits per heavy atom. The molecule has 118 valence electrons. The molecule has 1 amide bonds. The fraction of sp³-hybridized carbons (Fsp3) is 0.667. The normalized spacial score (nSPS) is 22.7. The predicted octanol–water partition coefficient (Wildman–Crippen LogP) is 1.37. The summed E-state index contributed by atoms with van der Waals surface area (Å²) in [4.78, 5) is 12.0. The number of aromatic amines is 1. The van der Waals surface area contributed by atoms with Crippen molar-refractivity contribution in [3.63, 3.8) is 0 Å². The molecule has 0 aliphatic carbocycles. The van der Waals surface area contributed by atoms with Crippen molar-refractivity contribution < 1.29 is 17.9 Å². The Hall–Kier alpha value is -1.12. The zero-order valence-electron chi connectivity index (χ0n) is 12.0. The molecule has 1 aromatic rings. The Labute approximate surface area is 127 Å². The van der Waals surface area contributed by atoms with Crippen molar-refractivity contribution in [1.82, 2.24) is 15.5 Å². The number of carbonyl (C=O) groups is 1. The van der Waals surface area contributed by atoms with Gasteiger partial charge in [-0.25, -0.2) is 8.42 Å². The largest absolute Gasteiger partial charge is 0.376 e. The number of hydrogen-bond acceptors (Lipinski definition) is 5. The molecule has 2 rings (SSSR count). The summed E-state index contributed by atoms with van der Waals surface area (Å²) in [5, 5.41) is 9.16. The summed E-state index contributed by atoms with van der Waals surface area (Å²) >= 11 is 0. The molecule has 21 heavy (non-hydrogen) atoms. The number of halogens is 1. The number of hydrogen-bond donors (Lipinski definition) is 2. The van der Waals surface area contributed by atoms with Gasteiger partial charge in [-0.2, -0.15) is 5.10 Å². The minimum absolute atomic E-state index is 0.117. The summed E-state index contributed by atoms with van der Waals surface area (Å²) in [5.74, 6) is -0.726. The van der Waals surface area contributed by atoms with E-state index in [1.807, 2.05) is 6.92 Å². The summed E-state index contributed by atoms with van der Waals surface area (Å²) < 4.78 is 28.8. The maximum Gasteiger partial charge on any atom is 0.273 e. The van der Waals surface area contributed by atoms with E-state index in [9.17, 15) is 13.2 Å². The van der Waals surface area contributed by atoms with Crippen molar-refractivity contribution >= 4 is 25.6 Å². The first-order chi connectivity index (χ1) is 9.71. The molecule has 1 aliphatic rings. The topological polar surface area (TPSA) is 101 Å². The van der Waals surface area contributed by atoms with Crippen molar-refractivity contribution in [3.05, 3.63) is 11.4 Å². The summed E-state index contributed by atoms with van der Waals surface area (Å²) in [6.07, 6.45) is 0.561. The number of amides is 1. The molecule has 7 nitrogen and oxygen atoms in total. The number of carbonyl (C=O) groups excluding carboxylic acids is 1. The van der Waals surface area contributed by atoms with Crippen LogP contribution in [0.2, 0.25) is 0 Å². The van der Waals surface area contributed by atoms with Gasteiger partial charge in [0.25, 0.3) is 15.0 Å². The zero-order chi connectivity index (χ0) is 15.8. The van der Waals surface area contributed by atoms with Gasteiger partial charge in [0.05, 0.1) is 17.8 Å². The SMILES string of the molecule is CC(C)c1[nH]nc(C(=O)NC2CCOC2C)c1S(=O)(=O)Cl. The number of aromatic nitrogens is 2. The van der Waals surface area contributed by atoms with Crippen LogP contribution in [0.15, 0.2) is 4.90 Å². The van der Waals surface area contributed by atoms with Crippen LogP contribution in [0.5, 0.6) is 0 Å². The minimum Gasteiger partial charge on any atom is -0.376 e. The van der Waals surface area contributed by atoms with Crippen molar-refractivity contribution in [2.45, 2.75) is 50.2 Å². The number of ether oxygens (including phenoxy) is 1. The zero-order valence-corrected chi connectivity index (χ0v) is 13.6. The fourth-order valence-corrected chi connectivity index (χ4v) is 3.68. The van der Waals surface area contributed by atoms with Gasteiger partial charge in [0.2, 0.25) is 0 Å². The predicted molar refractivity (Wildman–Crippen MR) is 77.0 cm³/mol. The number of nitrogens with one attached hydrogen (secondary N) is 2. The molecule has 0 bridgehead atoms. The lowest BCUT2D eigenvalue weighted by Gasteiger charge is -2.15. The number of H-pyrrole nitrogens is 1. The quantitative estimate of drug-likeness (QED) is 0.809. The molecule has 2 heterocycles. The Morgan fingerprint density at radius 1 is 1.52 bits per heavy atom. The molecule has 0 spiro atoms. The highest BCUT2D eigenvalue weighted by Crippen LogP contribution is 2.28. The number of nitrogens with zero attached hydrogens (tertiary/aromatic N) is 1. The van der Waals surface area contributed by atoms with Crippen LogP contribution in [0.25, 0.3) is 0 Å². The smallest absolute Gasteiger partial charge is 0.273 e. The molecule has 9 heteroatoms. The van der Waals surface area contributed by atoms with Gasteiger partial charge in [0.1, 0.15) is 4.90 Å². The van der Waals surface area contributed by atoms with E-state index in [0.29, 0.717) is 18.7 Å². The van der Waals surface area contributed by atoms with Gasteiger partial charge in [-0.1, -0.05) is 13.8 Å². The third kappa shape index (κ3) is 3.38. The maximum absolute atomic E-state index is 12.3. The summed E-state index contributed by atoms with van der Waals surface area (Å²) in [7, 11) is 1.38. The Bertz CT molecular complexity index is 641. The Morgan fingerprint density at radius 2 is 2.19 bits per heavy atom. The molecular weight excluding hydrogens is 318 g/mol. The summed E-state index contributed by atoms with van der Waals surface area (Å²) in [6.45, 7) is 5.98. The van der Waals surface area contributed by atoms with Gasteiger partial charge in [-0.15, -0.1) is 0 Å². The highest BCUT2D eigenvalue weighted by atomic mass is 35.7. The monoisotopic (exact) mass is 335 g/mol. The molecule has 1 saturated heterocycles. The van der Waals surface area contributed by atoms with E-state index in [2.05, 4.69) is 15.5 Å². The van der Waals surface area contributed by atoms with Crippen LogP contribution in [0.4, 0.5) is 0 Å². The first-order valence-electron chi connectivity index (χ1n) is 6.67. The van der Waals surface area contributed by atoms with Crippen molar-refractivity contribution in [1.29, 1.82) is 0 Å². The molecule has 2 atom stereocenters. The molecule has 1 aliphatic heterocycles. The van der Waals surface area contributed by atoms with Gasteiger partial charge in [-0.3, -0.25) is 9.89 Å². The van der Waals surface area contributed by atoms with Gasteiger partial charge in [-0.05, 0) is 19.3 Å². The Balaban J connectivity index is 2.33. The highest BCUT2D eigenvalue weighted by Gasteiger charge is 2.32. The van der Waals surface area contributed by atoms with E-state index >= 15 is 0 Å². The first kappa shape index (κ1) is 16.3. The van der Waals surface area contributed by atoms with E-state index in [1.165, 1.54) is 0 Å². The Kier molecular flexibility index (Phi) is 4.60. The van der Waals surface area contributed by atoms with Crippen molar-refractivity contribution in [2.75, 3.05) is 6.61 Å². The fourth-order valence-electron chi connectivity index (χ4n) is 2.30. The van der Waals surface area contributed by atoms with Crippen molar-refractivity contribution in [3.8, 4) is 0 Å². The average Bonchev–Trinajstić information content (AvgIpc) is 2.95. The van der Waals surface area contributed by atoms with Crippen LogP contribution in [-0.2, 0) is 13.8 Å². The second kappa shape index (κ2) is 5.94. The van der Waals surface area contributed by atoms with Gasteiger partial charge in [0.15, 0.2) is 5.69 Å². The molecule has 0 saturated carbocycles. The van der Waals surface area contributed by atoms with E-state index in [4.69, 9.17) is 15.4 Å². The van der Waals surface area contributed by atoms with Gasteiger partial charge >= 0.3 is 0 Å². The molecule has 1 aromatic heterocycles. The van der Waals surface area contributed by atoms with Crippen LogP contribution in [0.3, 0.4) is 0 Å². The molecule has 1 fully saturated rings. The van der Waals surface area contributed by atoms with Crippen LogP contribution < -0.4 is 5.32 Å². The minimum atomic E-state index is -4.07. The lowest BCUT2D eigenvalue weighted by atomic mass is 10.1. The van der Waals surface area contributed by atoms with E-state index in [0.717, 1.165) is 0 Å². The lowest BCUT2D eigenvalue weighted by molar-refractivity contribution is 0.0859. The van der Waals surface area contributed by atoms with Gasteiger partial charge < -0.3 is 10.1 Å². The maximum atomic E-state index is 12.3. The molecule has 0 radical (unpaired) electrons. The lowest BCUT2D eigenvalue weighted by Crippen LogP contribution is -2.39. The van der Waals surface area contributed by atoms with E-state index in [1.54, 1.807) is 13.8 Å². The average molecular weight is 336 g/mol. The molecule has 0 aromatic carbocycles. The molecule has 2 unspecified atom stereocenters. The first-order valence-corrected chi connectivity index (χ1v) is 8.98. The van der Waals surface area contributed by atoms with Crippen LogP contribution in [0, 0.1) is 0 Å². The number of rotatable bonds is 4. The van der Waals surface area contributed by atoms with Crippen LogP contribution in [-0.4, -0.2) is 43.3 Å². The molecular formula is C12H18ClN3O4S. The summed E-state index contributed by atoms with van der Waals surface area (Å²) in [6, 6.07) is -0.164. The van der Waals surface area contributed by atoms with E-state index in [-0.39, 0.29) is 28.7 Å². The standard InChI is InChI=1S/C12H18ClN3O4S/c1-6(2)9-11(21(13,18)19)10(16-15-9)12(17)14-8-4-5-20-7(8)3/h6-8H,4-5H2,1-3H3,(H,14,17)(H,15,16). The van der Waals surface area contributed by atoms with Crippen LogP contribution in [0.1, 0.15) is 49.3 Å². The highest BCUT2D eigenvalue weighted by molar-refractivity contribution is 8.13. The van der Waals surface area contributed by atoms with Crippen molar-refractivity contribution in [2.24, 2.45) is 0 Å². The third-order valence-corrected chi connectivity index (χ3v) is 4.84. The second-order valence-electron chi connectivity index (χ2n) is 5.35. The summed E-state index contributed by atoms with van der Waals surface area (Å²) in [5.41, 5.74) is 0.124. The second-order valence-corrected chi connectivity index (χ2v) is 7.85. The van der Waals surface area contributed by atoms with E-state index < -0.39 is 15.0 Å². The third-order valence-electron chi connectivity index (χ3n) is 3.48.